The number of benzene rings is 1. The first-order valence-electron chi connectivity index (χ1n) is 11.0. The molecule has 0 bridgehead atoms. The summed E-state index contributed by atoms with van der Waals surface area (Å²) in [5.41, 5.74) is 3.30. The molecule has 2 aromatic rings. The number of carbonyl (C=O) groups is 2. The zero-order chi connectivity index (χ0) is 22.0. The number of aromatic nitrogens is 2. The van der Waals surface area contributed by atoms with E-state index >= 15 is 0 Å². The highest BCUT2D eigenvalue weighted by atomic mass is 19.1. The summed E-state index contributed by atoms with van der Waals surface area (Å²) in [5, 5.41) is 2.87. The van der Waals surface area contributed by atoms with E-state index in [4.69, 9.17) is 9.97 Å². The van der Waals surface area contributed by atoms with Gasteiger partial charge >= 0.3 is 0 Å². The predicted molar refractivity (Wildman–Crippen MR) is 115 cm³/mol. The Kier molecular flexibility index (Phi) is 6.30. The molecule has 1 aliphatic carbocycles. The van der Waals surface area contributed by atoms with Gasteiger partial charge in [-0.2, -0.15) is 0 Å². The predicted octanol–water partition coefficient (Wildman–Crippen LogP) is 3.21. The topological polar surface area (TPSA) is 75.2 Å². The first-order chi connectivity index (χ1) is 14.9. The van der Waals surface area contributed by atoms with Crippen LogP contribution in [0.1, 0.15) is 59.9 Å². The molecule has 2 heterocycles. The summed E-state index contributed by atoms with van der Waals surface area (Å²) in [6, 6.07) is 6.08. The van der Waals surface area contributed by atoms with Gasteiger partial charge in [-0.15, -0.1) is 0 Å². The molecule has 1 aliphatic heterocycles. The van der Waals surface area contributed by atoms with Gasteiger partial charge in [0.05, 0.1) is 6.42 Å². The molecule has 1 aromatic carbocycles. The molecule has 0 spiro atoms. The van der Waals surface area contributed by atoms with E-state index < -0.39 is 0 Å². The molecule has 1 saturated heterocycles. The molecule has 2 fully saturated rings. The second kappa shape index (κ2) is 9.12. The number of rotatable bonds is 6. The molecule has 31 heavy (non-hydrogen) atoms. The highest BCUT2D eigenvalue weighted by molar-refractivity contribution is 5.81. The van der Waals surface area contributed by atoms with Crippen molar-refractivity contribution in [2.24, 2.45) is 5.92 Å². The van der Waals surface area contributed by atoms with Crippen LogP contribution < -0.4 is 5.32 Å². The van der Waals surface area contributed by atoms with E-state index in [1.807, 2.05) is 18.7 Å². The first kappa shape index (κ1) is 21.4. The Bertz CT molecular complexity index is 949. The van der Waals surface area contributed by atoms with E-state index in [1.54, 1.807) is 12.1 Å². The number of piperidine rings is 1. The number of hydrogen-bond donors (Lipinski definition) is 1. The third-order valence-electron chi connectivity index (χ3n) is 6.20. The van der Waals surface area contributed by atoms with Gasteiger partial charge in [-0.05, 0) is 57.2 Å². The van der Waals surface area contributed by atoms with Crippen LogP contribution in [0.4, 0.5) is 4.39 Å². The van der Waals surface area contributed by atoms with Gasteiger partial charge in [-0.25, -0.2) is 14.4 Å². The summed E-state index contributed by atoms with van der Waals surface area (Å²) < 4.78 is 13.0. The normalized spacial score (nSPS) is 18.7. The first-order valence-corrected chi connectivity index (χ1v) is 11.0. The molecular weight excluding hydrogens is 395 g/mol. The van der Waals surface area contributed by atoms with E-state index in [0.29, 0.717) is 13.1 Å². The third kappa shape index (κ3) is 5.27. The van der Waals surface area contributed by atoms with Crippen LogP contribution in [0.3, 0.4) is 0 Å². The van der Waals surface area contributed by atoms with Crippen LogP contribution in [-0.2, 0) is 22.6 Å². The molecule has 4 rings (SSSR count). The van der Waals surface area contributed by atoms with Crippen molar-refractivity contribution >= 4 is 11.8 Å². The number of nitrogens with zero attached hydrogens (tertiary/aromatic N) is 3. The molecule has 1 aromatic heterocycles. The number of halogens is 1. The van der Waals surface area contributed by atoms with E-state index in [1.165, 1.54) is 12.1 Å². The molecule has 1 saturated carbocycles. The van der Waals surface area contributed by atoms with E-state index in [-0.39, 0.29) is 35.9 Å². The van der Waals surface area contributed by atoms with Crippen molar-refractivity contribution in [3.8, 4) is 0 Å². The number of nitrogens with one attached hydrogen (secondary N) is 1. The molecule has 7 heteroatoms. The average Bonchev–Trinajstić information content (AvgIpc) is 3.61. The molecule has 1 atom stereocenters. The van der Waals surface area contributed by atoms with Crippen LogP contribution >= 0.6 is 0 Å². The van der Waals surface area contributed by atoms with Crippen LogP contribution in [0.25, 0.3) is 0 Å². The number of hydrogen-bond acceptors (Lipinski definition) is 4. The fraction of sp³-hybridized carbons (Fsp3) is 0.500. The Hall–Kier alpha value is -2.83. The van der Waals surface area contributed by atoms with Gasteiger partial charge in [-0.1, -0.05) is 12.1 Å². The maximum absolute atomic E-state index is 13.0. The number of aryl methyl sites for hydroxylation is 2. The van der Waals surface area contributed by atoms with Crippen LogP contribution in [0.15, 0.2) is 24.3 Å². The minimum Gasteiger partial charge on any atom is -0.352 e. The summed E-state index contributed by atoms with van der Waals surface area (Å²) in [5.74, 6) is 1.03. The summed E-state index contributed by atoms with van der Waals surface area (Å²) in [6.07, 6.45) is 4.19. The maximum atomic E-state index is 13.0. The Labute approximate surface area is 182 Å². The third-order valence-corrected chi connectivity index (χ3v) is 6.20. The summed E-state index contributed by atoms with van der Waals surface area (Å²) >= 11 is 0. The van der Waals surface area contributed by atoms with Crippen LogP contribution in [0.5, 0.6) is 0 Å². The van der Waals surface area contributed by atoms with Gasteiger partial charge in [0.25, 0.3) is 0 Å². The van der Waals surface area contributed by atoms with E-state index in [0.717, 1.165) is 60.6 Å². The largest absolute Gasteiger partial charge is 0.352 e. The fourth-order valence-corrected chi connectivity index (χ4v) is 4.21. The smallest absolute Gasteiger partial charge is 0.225 e. The van der Waals surface area contributed by atoms with Crippen molar-refractivity contribution in [2.45, 2.75) is 58.4 Å². The lowest BCUT2D eigenvalue weighted by Gasteiger charge is -2.32. The van der Waals surface area contributed by atoms with Crippen molar-refractivity contribution in [1.82, 2.24) is 20.2 Å². The van der Waals surface area contributed by atoms with Crippen LogP contribution in [0, 0.1) is 25.6 Å². The maximum Gasteiger partial charge on any atom is 0.225 e. The number of amides is 2. The minimum absolute atomic E-state index is 0.120. The van der Waals surface area contributed by atoms with Gasteiger partial charge < -0.3 is 10.2 Å². The van der Waals surface area contributed by atoms with Gasteiger partial charge in [0.15, 0.2) is 0 Å². The Balaban J connectivity index is 1.39. The van der Waals surface area contributed by atoms with Gasteiger partial charge in [0.2, 0.25) is 11.8 Å². The van der Waals surface area contributed by atoms with Crippen molar-refractivity contribution in [2.75, 3.05) is 13.1 Å². The SMILES string of the molecule is Cc1nc([C@@H]2CCCN(C(=O)C3CC3)C2)nc(C)c1CC(=O)NCc1ccc(F)cc1. The lowest BCUT2D eigenvalue weighted by Crippen LogP contribution is -2.40. The van der Waals surface area contributed by atoms with E-state index in [9.17, 15) is 14.0 Å². The number of likely N-dealkylation sites (tertiary alicyclic amines) is 1. The van der Waals surface area contributed by atoms with Crippen molar-refractivity contribution in [1.29, 1.82) is 0 Å². The zero-order valence-corrected chi connectivity index (χ0v) is 18.2. The highest BCUT2D eigenvalue weighted by Crippen LogP contribution is 2.34. The second-order valence-electron chi connectivity index (χ2n) is 8.71. The lowest BCUT2D eigenvalue weighted by atomic mass is 9.96. The molecule has 1 N–H and O–H groups in total. The molecule has 2 aliphatic rings. The van der Waals surface area contributed by atoms with Crippen molar-refractivity contribution < 1.29 is 14.0 Å². The lowest BCUT2D eigenvalue weighted by molar-refractivity contribution is -0.133. The van der Waals surface area contributed by atoms with Gasteiger partial charge in [-0.3, -0.25) is 9.59 Å². The fourth-order valence-electron chi connectivity index (χ4n) is 4.21. The highest BCUT2D eigenvalue weighted by Gasteiger charge is 2.36. The molecule has 6 nitrogen and oxygen atoms in total. The second-order valence-corrected chi connectivity index (χ2v) is 8.71. The quantitative estimate of drug-likeness (QED) is 0.773. The molecule has 0 radical (unpaired) electrons. The molecular formula is C24H29FN4O2. The van der Waals surface area contributed by atoms with Gasteiger partial charge in [0, 0.05) is 48.4 Å². The van der Waals surface area contributed by atoms with Crippen molar-refractivity contribution in [3.05, 3.63) is 58.4 Å². The Morgan fingerprint density at radius 3 is 2.42 bits per heavy atom. The number of carbonyl (C=O) groups excluding carboxylic acids is 2. The Morgan fingerprint density at radius 2 is 1.77 bits per heavy atom. The summed E-state index contributed by atoms with van der Waals surface area (Å²) in [4.78, 5) is 36.3. The Morgan fingerprint density at radius 1 is 1.10 bits per heavy atom. The zero-order valence-electron chi connectivity index (χ0n) is 18.2. The average molecular weight is 425 g/mol. The van der Waals surface area contributed by atoms with Crippen molar-refractivity contribution in [3.63, 3.8) is 0 Å². The molecule has 164 valence electrons. The standard InChI is InChI=1S/C24H29FN4O2/c1-15-21(12-22(30)26-13-17-5-9-20(25)10-6-17)16(2)28-23(27-15)19-4-3-11-29(14-19)24(31)18-7-8-18/h5-6,9-10,18-19H,3-4,7-8,11-14H2,1-2H3,(H,26,30)/t19-/m1/s1. The van der Waals surface area contributed by atoms with Crippen LogP contribution in [-0.4, -0.2) is 39.8 Å². The van der Waals surface area contributed by atoms with E-state index in [2.05, 4.69) is 5.32 Å². The van der Waals surface area contributed by atoms with Gasteiger partial charge in [0.1, 0.15) is 11.6 Å². The summed E-state index contributed by atoms with van der Waals surface area (Å²) in [7, 11) is 0. The van der Waals surface area contributed by atoms with Crippen LogP contribution in [0.2, 0.25) is 0 Å². The molecule has 2 amide bonds. The molecule has 0 unspecified atom stereocenters. The monoisotopic (exact) mass is 424 g/mol. The minimum atomic E-state index is -0.295. The summed E-state index contributed by atoms with van der Waals surface area (Å²) in [6.45, 7) is 5.69.